The average Bonchev–Trinajstić information content (AvgIpc) is 2.92. The number of nitrogens with zero attached hydrogens (tertiary/aromatic N) is 3. The third-order valence-electron chi connectivity index (χ3n) is 4.84. The van der Waals surface area contributed by atoms with Gasteiger partial charge in [0.25, 0.3) is 5.91 Å². The van der Waals surface area contributed by atoms with Crippen molar-refractivity contribution in [2.45, 2.75) is 33.2 Å². The number of piperidine rings is 1. The average molecular weight is 406 g/mol. The largest absolute Gasteiger partial charge is 0.497 e. The lowest BCUT2D eigenvalue weighted by Crippen LogP contribution is -2.39. The highest BCUT2D eigenvalue weighted by molar-refractivity contribution is 9.10. The van der Waals surface area contributed by atoms with Gasteiger partial charge in [0.15, 0.2) is 0 Å². The summed E-state index contributed by atoms with van der Waals surface area (Å²) >= 11 is 3.48. The van der Waals surface area contributed by atoms with Gasteiger partial charge in [-0.3, -0.25) is 9.48 Å². The van der Waals surface area contributed by atoms with Crippen molar-refractivity contribution >= 4 is 21.8 Å². The number of hydrogen-bond acceptors (Lipinski definition) is 3. The molecule has 1 aliphatic heterocycles. The van der Waals surface area contributed by atoms with Gasteiger partial charge in [0.2, 0.25) is 0 Å². The third-order valence-corrected chi connectivity index (χ3v) is 5.53. The second-order valence-corrected chi connectivity index (χ2v) is 7.54. The minimum absolute atomic E-state index is 0.0651. The first-order valence-corrected chi connectivity index (χ1v) is 9.41. The molecule has 0 radical (unpaired) electrons. The van der Waals surface area contributed by atoms with Gasteiger partial charge >= 0.3 is 0 Å². The molecule has 1 aromatic heterocycles. The maximum Gasteiger partial charge on any atom is 0.255 e. The summed E-state index contributed by atoms with van der Waals surface area (Å²) in [5.41, 5.74) is 2.93. The molecule has 0 N–H and O–H groups in total. The van der Waals surface area contributed by atoms with Crippen molar-refractivity contribution in [3.8, 4) is 5.75 Å². The second kappa shape index (κ2) is 7.60. The van der Waals surface area contributed by atoms with Crippen LogP contribution in [-0.2, 0) is 6.54 Å². The number of aromatic nitrogens is 2. The number of amides is 1. The second-order valence-electron chi connectivity index (χ2n) is 6.69. The minimum atomic E-state index is 0.0651. The molecule has 3 rings (SSSR count). The van der Waals surface area contributed by atoms with Crippen LogP contribution in [0, 0.1) is 19.8 Å². The molecule has 6 heteroatoms. The fourth-order valence-corrected chi connectivity index (χ4v) is 3.80. The molecule has 0 atom stereocenters. The molecule has 0 saturated carbocycles. The number of benzene rings is 1. The van der Waals surface area contributed by atoms with Crippen molar-refractivity contribution in [1.29, 1.82) is 0 Å². The van der Waals surface area contributed by atoms with Crippen LogP contribution in [0.2, 0.25) is 0 Å². The lowest BCUT2D eigenvalue weighted by atomic mass is 9.96. The lowest BCUT2D eigenvalue weighted by Gasteiger charge is -2.32. The van der Waals surface area contributed by atoms with Gasteiger partial charge in [-0.2, -0.15) is 5.10 Å². The quantitative estimate of drug-likeness (QED) is 0.776. The SMILES string of the molecule is COc1ccc(Br)c(C(=O)N2CCC(Cn3nc(C)cc3C)CC2)c1. The Morgan fingerprint density at radius 3 is 2.60 bits per heavy atom. The van der Waals surface area contributed by atoms with Crippen LogP contribution >= 0.6 is 15.9 Å². The molecule has 1 amide bonds. The van der Waals surface area contributed by atoms with Crippen LogP contribution in [0.4, 0.5) is 0 Å². The summed E-state index contributed by atoms with van der Waals surface area (Å²) in [4.78, 5) is 14.8. The first kappa shape index (κ1) is 18.0. The molecule has 2 heterocycles. The van der Waals surface area contributed by atoms with Crippen LogP contribution in [0.15, 0.2) is 28.7 Å². The summed E-state index contributed by atoms with van der Waals surface area (Å²) in [5, 5.41) is 4.55. The van der Waals surface area contributed by atoms with E-state index in [4.69, 9.17) is 4.74 Å². The Morgan fingerprint density at radius 1 is 1.28 bits per heavy atom. The molecule has 1 fully saturated rings. The molecule has 1 saturated heterocycles. The number of halogens is 1. The number of hydrogen-bond donors (Lipinski definition) is 0. The van der Waals surface area contributed by atoms with Gasteiger partial charge in [-0.1, -0.05) is 0 Å². The summed E-state index contributed by atoms with van der Waals surface area (Å²) < 4.78 is 8.14. The number of rotatable bonds is 4. The normalized spacial score (nSPS) is 15.4. The Kier molecular flexibility index (Phi) is 5.47. The van der Waals surface area contributed by atoms with E-state index in [1.807, 2.05) is 24.0 Å². The van der Waals surface area contributed by atoms with Crippen molar-refractivity contribution in [2.24, 2.45) is 5.92 Å². The smallest absolute Gasteiger partial charge is 0.255 e. The van der Waals surface area contributed by atoms with E-state index in [9.17, 15) is 4.79 Å². The molecule has 0 unspecified atom stereocenters. The molecule has 134 valence electrons. The van der Waals surface area contributed by atoms with Crippen LogP contribution in [0.1, 0.15) is 34.6 Å². The van der Waals surface area contributed by atoms with Crippen molar-refractivity contribution in [3.63, 3.8) is 0 Å². The molecule has 2 aromatic rings. The Balaban J connectivity index is 1.62. The van der Waals surface area contributed by atoms with Gasteiger partial charge < -0.3 is 9.64 Å². The lowest BCUT2D eigenvalue weighted by molar-refractivity contribution is 0.0679. The van der Waals surface area contributed by atoms with Crippen LogP contribution in [-0.4, -0.2) is 40.8 Å². The van der Waals surface area contributed by atoms with Crippen molar-refractivity contribution < 1.29 is 9.53 Å². The van der Waals surface area contributed by atoms with Crippen LogP contribution in [0.5, 0.6) is 5.75 Å². The van der Waals surface area contributed by atoms with Gasteiger partial charge in [0.05, 0.1) is 18.4 Å². The van der Waals surface area contributed by atoms with E-state index < -0.39 is 0 Å². The third kappa shape index (κ3) is 4.06. The molecule has 25 heavy (non-hydrogen) atoms. The van der Waals surface area contributed by atoms with E-state index in [1.165, 1.54) is 5.69 Å². The monoisotopic (exact) mass is 405 g/mol. The van der Waals surface area contributed by atoms with E-state index in [0.29, 0.717) is 17.2 Å². The fraction of sp³-hybridized carbons (Fsp3) is 0.474. The van der Waals surface area contributed by atoms with E-state index in [1.54, 1.807) is 13.2 Å². The van der Waals surface area contributed by atoms with Crippen LogP contribution in [0.25, 0.3) is 0 Å². The van der Waals surface area contributed by atoms with E-state index in [2.05, 4.69) is 38.7 Å². The summed E-state index contributed by atoms with van der Waals surface area (Å²) in [6.07, 6.45) is 2.01. The summed E-state index contributed by atoms with van der Waals surface area (Å²) in [5.74, 6) is 1.33. The van der Waals surface area contributed by atoms with Crippen LogP contribution < -0.4 is 4.74 Å². The zero-order valence-corrected chi connectivity index (χ0v) is 16.5. The maximum absolute atomic E-state index is 12.8. The fourth-order valence-electron chi connectivity index (χ4n) is 3.39. The van der Waals surface area contributed by atoms with E-state index in [0.717, 1.165) is 42.6 Å². The van der Waals surface area contributed by atoms with E-state index in [-0.39, 0.29) is 5.91 Å². The number of methoxy groups -OCH3 is 1. The summed E-state index contributed by atoms with van der Waals surface area (Å²) in [7, 11) is 1.61. The highest BCUT2D eigenvalue weighted by atomic mass is 79.9. The highest BCUT2D eigenvalue weighted by Crippen LogP contribution is 2.26. The van der Waals surface area contributed by atoms with Crippen LogP contribution in [0.3, 0.4) is 0 Å². The predicted octanol–water partition coefficient (Wildman–Crippen LogP) is 3.82. The van der Waals surface area contributed by atoms with Crippen molar-refractivity contribution in [3.05, 3.63) is 45.7 Å². The zero-order valence-electron chi connectivity index (χ0n) is 15.0. The molecule has 0 spiro atoms. The van der Waals surface area contributed by atoms with E-state index >= 15 is 0 Å². The van der Waals surface area contributed by atoms with Gasteiger partial charge in [-0.15, -0.1) is 0 Å². The molecule has 0 bridgehead atoms. The van der Waals surface area contributed by atoms with Crippen molar-refractivity contribution in [1.82, 2.24) is 14.7 Å². The van der Waals surface area contributed by atoms with Gasteiger partial charge in [-0.25, -0.2) is 0 Å². The predicted molar refractivity (Wildman–Crippen MR) is 101 cm³/mol. The molecule has 1 aromatic carbocycles. The number of carbonyl (C=O) groups is 1. The van der Waals surface area contributed by atoms with Gasteiger partial charge in [-0.05, 0) is 72.8 Å². The Labute approximate surface area is 157 Å². The van der Waals surface area contributed by atoms with Crippen molar-refractivity contribution in [2.75, 3.05) is 20.2 Å². The zero-order chi connectivity index (χ0) is 18.0. The molecular weight excluding hydrogens is 382 g/mol. The standard InChI is InChI=1S/C19H24BrN3O2/c1-13-10-14(2)23(21-13)12-15-6-8-22(9-7-15)19(24)17-11-16(25-3)4-5-18(17)20/h4-5,10-11,15H,6-9,12H2,1-3H3. The van der Waals surface area contributed by atoms with Gasteiger partial charge in [0.1, 0.15) is 5.75 Å². The molecule has 1 aliphatic rings. The molecular formula is C19H24BrN3O2. The summed E-state index contributed by atoms with van der Waals surface area (Å²) in [6.45, 7) is 6.62. The topological polar surface area (TPSA) is 47.4 Å². The Hall–Kier alpha value is -1.82. The number of carbonyl (C=O) groups excluding carboxylic acids is 1. The number of ether oxygens (including phenoxy) is 1. The molecule has 0 aliphatic carbocycles. The Morgan fingerprint density at radius 2 is 2.00 bits per heavy atom. The highest BCUT2D eigenvalue weighted by Gasteiger charge is 2.25. The van der Waals surface area contributed by atoms with Gasteiger partial charge in [0, 0.05) is 29.8 Å². The Bertz CT molecular complexity index is 764. The summed E-state index contributed by atoms with van der Waals surface area (Å²) in [6, 6.07) is 7.62. The maximum atomic E-state index is 12.8. The first-order chi connectivity index (χ1) is 12.0. The minimum Gasteiger partial charge on any atom is -0.497 e. The first-order valence-electron chi connectivity index (χ1n) is 8.62. The molecule has 5 nitrogen and oxygen atoms in total. The number of likely N-dealkylation sites (tertiary alicyclic amines) is 1. The number of aryl methyl sites for hydroxylation is 2.